The van der Waals surface area contributed by atoms with Crippen molar-refractivity contribution >= 4 is 29.3 Å². The van der Waals surface area contributed by atoms with Crippen LogP contribution in [-0.2, 0) is 4.79 Å². The number of hydrogen-bond donors (Lipinski definition) is 2. The van der Waals surface area contributed by atoms with E-state index in [-0.39, 0.29) is 5.70 Å². The molecule has 11 heavy (non-hydrogen) atoms. The predicted molar refractivity (Wildman–Crippen MR) is 45.3 cm³/mol. The van der Waals surface area contributed by atoms with E-state index < -0.39 is 10.3 Å². The molecule has 1 aliphatic rings. The van der Waals surface area contributed by atoms with Gasteiger partial charge in [-0.2, -0.15) is 0 Å². The SMILES string of the molecule is CCC1(Cl)NC(C(=O)O)=CS1. The van der Waals surface area contributed by atoms with Gasteiger partial charge in [-0.3, -0.25) is 0 Å². The van der Waals surface area contributed by atoms with Crippen molar-refractivity contribution in [2.75, 3.05) is 0 Å². The molecular weight excluding hydrogens is 186 g/mol. The molecule has 0 aromatic rings. The van der Waals surface area contributed by atoms with Crippen LogP contribution in [0.2, 0.25) is 0 Å². The molecule has 0 saturated heterocycles. The average Bonchev–Trinajstić information content (AvgIpc) is 2.33. The summed E-state index contributed by atoms with van der Waals surface area (Å²) in [6, 6.07) is 0. The summed E-state index contributed by atoms with van der Waals surface area (Å²) in [5, 5.41) is 12.8. The van der Waals surface area contributed by atoms with Gasteiger partial charge in [0, 0.05) is 5.41 Å². The number of halogens is 1. The summed E-state index contributed by atoms with van der Waals surface area (Å²) in [6.07, 6.45) is 0.673. The molecule has 0 bridgehead atoms. The van der Waals surface area contributed by atoms with Crippen LogP contribution in [0.1, 0.15) is 13.3 Å². The highest BCUT2D eigenvalue weighted by Crippen LogP contribution is 2.37. The summed E-state index contributed by atoms with van der Waals surface area (Å²) in [5.74, 6) is -0.964. The number of rotatable bonds is 2. The van der Waals surface area contributed by atoms with E-state index in [1.54, 1.807) is 0 Å². The van der Waals surface area contributed by atoms with E-state index in [0.717, 1.165) is 0 Å². The topological polar surface area (TPSA) is 49.3 Å². The maximum Gasteiger partial charge on any atom is 0.352 e. The molecule has 0 aliphatic carbocycles. The van der Waals surface area contributed by atoms with Crippen molar-refractivity contribution in [3.05, 3.63) is 11.1 Å². The lowest BCUT2D eigenvalue weighted by molar-refractivity contribution is -0.133. The number of nitrogens with one attached hydrogen (secondary N) is 1. The monoisotopic (exact) mass is 193 g/mol. The molecule has 1 aliphatic heterocycles. The highest BCUT2D eigenvalue weighted by molar-refractivity contribution is 8.04. The Morgan fingerprint density at radius 2 is 2.64 bits per heavy atom. The Bertz CT molecular complexity index is 219. The van der Waals surface area contributed by atoms with Crippen LogP contribution in [0.4, 0.5) is 0 Å². The first kappa shape index (κ1) is 8.74. The Hall–Kier alpha value is -0.350. The fourth-order valence-electron chi connectivity index (χ4n) is 0.688. The molecule has 0 aromatic heterocycles. The van der Waals surface area contributed by atoms with Gasteiger partial charge in [-0.15, -0.1) is 0 Å². The van der Waals surface area contributed by atoms with Gasteiger partial charge in [0.25, 0.3) is 0 Å². The van der Waals surface area contributed by atoms with Crippen molar-refractivity contribution in [3.63, 3.8) is 0 Å². The second-order valence-electron chi connectivity index (χ2n) is 2.16. The zero-order valence-electron chi connectivity index (χ0n) is 5.93. The lowest BCUT2D eigenvalue weighted by Gasteiger charge is -2.19. The molecule has 0 saturated carbocycles. The summed E-state index contributed by atoms with van der Waals surface area (Å²) in [4.78, 5) is 10.4. The highest BCUT2D eigenvalue weighted by Gasteiger charge is 2.32. The average molecular weight is 194 g/mol. The summed E-state index contributed by atoms with van der Waals surface area (Å²) < 4.78 is -0.645. The summed E-state index contributed by atoms with van der Waals surface area (Å²) >= 11 is 7.22. The van der Waals surface area contributed by atoms with E-state index in [1.807, 2.05) is 6.92 Å². The first-order chi connectivity index (χ1) is 5.07. The molecule has 0 radical (unpaired) electrons. The molecular formula is C6H8ClNO2S. The van der Waals surface area contributed by atoms with E-state index in [9.17, 15) is 4.79 Å². The Kier molecular flexibility index (Phi) is 2.34. The standard InChI is InChI=1S/C6H8ClNO2S/c1-2-6(7)8-4(3-11-6)5(9)10/h3,8H,2H2,1H3,(H,9,10). The van der Waals surface area contributed by atoms with Crippen LogP contribution in [0.25, 0.3) is 0 Å². The van der Waals surface area contributed by atoms with Crippen LogP contribution in [0.15, 0.2) is 11.1 Å². The minimum absolute atomic E-state index is 0.173. The Morgan fingerprint density at radius 3 is 2.91 bits per heavy atom. The van der Waals surface area contributed by atoms with Crippen LogP contribution < -0.4 is 5.32 Å². The van der Waals surface area contributed by atoms with E-state index in [0.29, 0.717) is 6.42 Å². The molecule has 1 unspecified atom stereocenters. The van der Waals surface area contributed by atoms with Crippen molar-refractivity contribution < 1.29 is 9.90 Å². The van der Waals surface area contributed by atoms with E-state index >= 15 is 0 Å². The summed E-state index contributed by atoms with van der Waals surface area (Å²) in [5.41, 5.74) is 0.173. The zero-order chi connectivity index (χ0) is 8.48. The van der Waals surface area contributed by atoms with Gasteiger partial charge in [0.15, 0.2) is 4.33 Å². The van der Waals surface area contributed by atoms with Crippen LogP contribution in [0.3, 0.4) is 0 Å². The number of carboxylic acid groups (broad SMARTS) is 1. The summed E-state index contributed by atoms with van der Waals surface area (Å²) in [6.45, 7) is 1.89. The van der Waals surface area contributed by atoms with Gasteiger partial charge < -0.3 is 10.4 Å². The number of thioether (sulfide) groups is 1. The zero-order valence-corrected chi connectivity index (χ0v) is 7.50. The van der Waals surface area contributed by atoms with E-state index in [2.05, 4.69) is 5.32 Å². The van der Waals surface area contributed by atoms with Gasteiger partial charge >= 0.3 is 5.97 Å². The van der Waals surface area contributed by atoms with Gasteiger partial charge in [-0.25, -0.2) is 4.79 Å². The van der Waals surface area contributed by atoms with Crippen LogP contribution in [0, 0.1) is 0 Å². The highest BCUT2D eigenvalue weighted by atomic mass is 35.5. The number of aliphatic carboxylic acids is 1. The molecule has 3 nitrogen and oxygen atoms in total. The smallest absolute Gasteiger partial charge is 0.352 e. The minimum Gasteiger partial charge on any atom is -0.477 e. The molecule has 1 rings (SSSR count). The van der Waals surface area contributed by atoms with Gasteiger partial charge in [-0.05, 0) is 6.42 Å². The maximum absolute atomic E-state index is 10.4. The molecule has 62 valence electrons. The van der Waals surface area contributed by atoms with Crippen molar-refractivity contribution in [2.24, 2.45) is 0 Å². The van der Waals surface area contributed by atoms with Crippen molar-refractivity contribution in [2.45, 2.75) is 17.7 Å². The van der Waals surface area contributed by atoms with Crippen molar-refractivity contribution in [1.82, 2.24) is 5.32 Å². The van der Waals surface area contributed by atoms with Crippen molar-refractivity contribution in [1.29, 1.82) is 0 Å². The maximum atomic E-state index is 10.4. The van der Waals surface area contributed by atoms with Gasteiger partial charge in [0.2, 0.25) is 0 Å². The first-order valence-corrected chi connectivity index (χ1v) is 4.41. The second kappa shape index (κ2) is 2.95. The molecule has 1 atom stereocenters. The molecule has 0 spiro atoms. The second-order valence-corrected chi connectivity index (χ2v) is 4.20. The predicted octanol–water partition coefficient (Wildman–Crippen LogP) is 1.55. The van der Waals surface area contributed by atoms with E-state index in [4.69, 9.17) is 16.7 Å². The Labute approximate surface area is 73.8 Å². The first-order valence-electron chi connectivity index (χ1n) is 3.16. The normalized spacial score (nSPS) is 29.5. The number of carboxylic acids is 1. The fraction of sp³-hybridized carbons (Fsp3) is 0.500. The molecule has 0 amide bonds. The largest absolute Gasteiger partial charge is 0.477 e. The molecule has 2 N–H and O–H groups in total. The number of alkyl halides is 1. The van der Waals surface area contributed by atoms with Gasteiger partial charge in [0.1, 0.15) is 5.70 Å². The molecule has 1 heterocycles. The third kappa shape index (κ3) is 1.81. The third-order valence-corrected chi connectivity index (χ3v) is 3.12. The lowest BCUT2D eigenvalue weighted by atomic mass is 10.4. The van der Waals surface area contributed by atoms with E-state index in [1.165, 1.54) is 17.2 Å². The number of carbonyl (C=O) groups is 1. The lowest BCUT2D eigenvalue weighted by Crippen LogP contribution is -2.32. The Balaban J connectivity index is 2.62. The minimum atomic E-state index is -0.964. The van der Waals surface area contributed by atoms with Gasteiger partial charge in [0.05, 0.1) is 0 Å². The van der Waals surface area contributed by atoms with Crippen LogP contribution in [-0.4, -0.2) is 15.4 Å². The molecule has 0 aromatic carbocycles. The third-order valence-electron chi connectivity index (χ3n) is 1.37. The fourth-order valence-corrected chi connectivity index (χ4v) is 1.72. The van der Waals surface area contributed by atoms with Crippen LogP contribution in [0.5, 0.6) is 0 Å². The Morgan fingerprint density at radius 1 is 2.00 bits per heavy atom. The molecule has 5 heteroatoms. The quantitative estimate of drug-likeness (QED) is 0.516. The van der Waals surface area contributed by atoms with Gasteiger partial charge in [-0.1, -0.05) is 30.3 Å². The number of hydrogen-bond acceptors (Lipinski definition) is 3. The molecule has 0 fully saturated rings. The van der Waals surface area contributed by atoms with Crippen molar-refractivity contribution in [3.8, 4) is 0 Å². The summed E-state index contributed by atoms with van der Waals surface area (Å²) in [7, 11) is 0. The van der Waals surface area contributed by atoms with Crippen LogP contribution >= 0.6 is 23.4 Å².